The molecule has 1 unspecified atom stereocenters. The molecule has 0 aromatic heterocycles. The van der Waals surface area contributed by atoms with Crippen molar-refractivity contribution in [3.05, 3.63) is 35.4 Å². The first kappa shape index (κ1) is 16.6. The maximum atomic E-state index is 12.5. The number of carbonyl (C=O) groups is 2. The maximum absolute atomic E-state index is 12.5. The molecule has 1 aromatic carbocycles. The Morgan fingerprint density at radius 3 is 2.56 bits per heavy atom. The number of hydrogen-bond donors (Lipinski definition) is 1. The van der Waals surface area contributed by atoms with E-state index < -0.39 is 11.6 Å². The molecule has 1 spiro atoms. The summed E-state index contributed by atoms with van der Waals surface area (Å²) in [6.07, 6.45) is 5.11. The first-order valence-electron chi connectivity index (χ1n) is 9.34. The van der Waals surface area contributed by atoms with E-state index in [9.17, 15) is 14.7 Å². The third-order valence-corrected chi connectivity index (χ3v) is 6.09. The fraction of sp³-hybridized carbons (Fsp3) is 0.600. The van der Waals surface area contributed by atoms with Crippen molar-refractivity contribution in [1.82, 2.24) is 4.90 Å². The van der Waals surface area contributed by atoms with Gasteiger partial charge in [-0.1, -0.05) is 30.7 Å². The highest BCUT2D eigenvalue weighted by Gasteiger charge is 2.45. The zero-order chi connectivity index (χ0) is 17.4. The van der Waals surface area contributed by atoms with Crippen LogP contribution in [-0.4, -0.2) is 41.1 Å². The van der Waals surface area contributed by atoms with Gasteiger partial charge in [-0.05, 0) is 43.2 Å². The van der Waals surface area contributed by atoms with Crippen molar-refractivity contribution in [2.75, 3.05) is 13.1 Å². The van der Waals surface area contributed by atoms with Crippen molar-refractivity contribution in [2.45, 2.75) is 56.7 Å². The SMILES string of the molecule is O=C(O)CC1Cc2ccccc2C2(CCN(C(=O)C3CCC3)CC2)O1. The molecular weight excluding hydrogens is 318 g/mol. The van der Waals surface area contributed by atoms with E-state index in [4.69, 9.17) is 4.74 Å². The first-order chi connectivity index (χ1) is 12.1. The molecular formula is C20H25NO4. The number of fused-ring (bicyclic) bond motifs is 2. The van der Waals surface area contributed by atoms with Crippen LogP contribution < -0.4 is 0 Å². The Labute approximate surface area is 148 Å². The minimum Gasteiger partial charge on any atom is -0.481 e. The van der Waals surface area contributed by atoms with E-state index in [0.29, 0.717) is 25.4 Å². The second-order valence-electron chi connectivity index (χ2n) is 7.65. The Balaban J connectivity index is 1.53. The minimum atomic E-state index is -0.822. The lowest BCUT2D eigenvalue weighted by atomic mass is 9.77. The van der Waals surface area contributed by atoms with Crippen LogP contribution in [0.3, 0.4) is 0 Å². The molecule has 1 atom stereocenters. The van der Waals surface area contributed by atoms with Gasteiger partial charge >= 0.3 is 5.97 Å². The molecule has 5 nitrogen and oxygen atoms in total. The highest BCUT2D eigenvalue weighted by Crippen LogP contribution is 2.44. The van der Waals surface area contributed by atoms with E-state index in [0.717, 1.165) is 25.7 Å². The molecule has 4 rings (SSSR count). The average molecular weight is 343 g/mol. The summed E-state index contributed by atoms with van der Waals surface area (Å²) < 4.78 is 6.36. The highest BCUT2D eigenvalue weighted by atomic mass is 16.5. The van der Waals surface area contributed by atoms with E-state index in [2.05, 4.69) is 12.1 Å². The number of aliphatic carboxylic acids is 1. The molecule has 1 aromatic rings. The molecule has 25 heavy (non-hydrogen) atoms. The van der Waals surface area contributed by atoms with Crippen LogP contribution in [0, 0.1) is 5.92 Å². The van der Waals surface area contributed by atoms with Crippen molar-refractivity contribution >= 4 is 11.9 Å². The van der Waals surface area contributed by atoms with E-state index in [1.54, 1.807) is 0 Å². The molecule has 0 radical (unpaired) electrons. The number of ether oxygens (including phenoxy) is 1. The molecule has 1 amide bonds. The molecule has 2 fully saturated rings. The van der Waals surface area contributed by atoms with E-state index >= 15 is 0 Å². The largest absolute Gasteiger partial charge is 0.481 e. The molecule has 5 heteroatoms. The first-order valence-corrected chi connectivity index (χ1v) is 9.34. The van der Waals surface area contributed by atoms with Gasteiger partial charge in [-0.25, -0.2) is 0 Å². The Bertz CT molecular complexity index is 674. The number of carboxylic acid groups (broad SMARTS) is 1. The fourth-order valence-electron chi connectivity index (χ4n) is 4.51. The summed E-state index contributed by atoms with van der Waals surface area (Å²) in [4.78, 5) is 25.7. The van der Waals surface area contributed by atoms with Crippen LogP contribution in [-0.2, 0) is 26.3 Å². The molecule has 2 aliphatic heterocycles. The quantitative estimate of drug-likeness (QED) is 0.916. The van der Waals surface area contributed by atoms with Crippen LogP contribution >= 0.6 is 0 Å². The standard InChI is InChI=1S/C20H25NO4/c22-18(23)13-16-12-15-4-1-2-7-17(15)20(25-16)8-10-21(11-9-20)19(24)14-5-3-6-14/h1-2,4,7,14,16H,3,5-6,8-13H2,(H,22,23). The lowest BCUT2D eigenvalue weighted by molar-refractivity contribution is -0.164. The van der Waals surface area contributed by atoms with Crippen LogP contribution in [0.25, 0.3) is 0 Å². The number of amides is 1. The van der Waals surface area contributed by atoms with E-state index in [1.807, 2.05) is 17.0 Å². The van der Waals surface area contributed by atoms with Crippen molar-refractivity contribution in [2.24, 2.45) is 5.92 Å². The molecule has 1 saturated heterocycles. The summed E-state index contributed by atoms with van der Waals surface area (Å²) in [6, 6.07) is 8.22. The fourth-order valence-corrected chi connectivity index (χ4v) is 4.51. The normalized spacial score (nSPS) is 25.3. The van der Waals surface area contributed by atoms with Crippen molar-refractivity contribution in [1.29, 1.82) is 0 Å². The van der Waals surface area contributed by atoms with Crippen LogP contribution in [0.2, 0.25) is 0 Å². The number of hydrogen-bond acceptors (Lipinski definition) is 3. The van der Waals surface area contributed by atoms with Gasteiger partial charge < -0.3 is 14.7 Å². The minimum absolute atomic E-state index is 0.0286. The van der Waals surface area contributed by atoms with Gasteiger partial charge in [-0.15, -0.1) is 0 Å². The number of nitrogens with zero attached hydrogens (tertiary/aromatic N) is 1. The summed E-state index contributed by atoms with van der Waals surface area (Å²) in [5.74, 6) is -0.294. The maximum Gasteiger partial charge on any atom is 0.305 e. The summed E-state index contributed by atoms with van der Waals surface area (Å²) in [6.45, 7) is 1.40. The summed E-state index contributed by atoms with van der Waals surface area (Å²) in [5.41, 5.74) is 1.94. The highest BCUT2D eigenvalue weighted by molar-refractivity contribution is 5.79. The van der Waals surface area contributed by atoms with Crippen LogP contribution in [0.4, 0.5) is 0 Å². The number of likely N-dealkylation sites (tertiary alicyclic amines) is 1. The third-order valence-electron chi connectivity index (χ3n) is 6.09. The Morgan fingerprint density at radius 1 is 1.20 bits per heavy atom. The van der Waals surface area contributed by atoms with Crippen LogP contribution in [0.5, 0.6) is 0 Å². The summed E-state index contributed by atoms with van der Waals surface area (Å²) in [5, 5.41) is 9.18. The average Bonchev–Trinajstić information content (AvgIpc) is 2.53. The van der Waals surface area contributed by atoms with Gasteiger partial charge in [0.1, 0.15) is 0 Å². The van der Waals surface area contributed by atoms with Crippen molar-refractivity contribution in [3.63, 3.8) is 0 Å². The number of piperidine rings is 1. The van der Waals surface area contributed by atoms with Crippen molar-refractivity contribution < 1.29 is 19.4 Å². The van der Waals surface area contributed by atoms with Crippen LogP contribution in [0.15, 0.2) is 24.3 Å². The van der Waals surface area contributed by atoms with Gasteiger partial charge in [0.05, 0.1) is 18.1 Å². The van der Waals surface area contributed by atoms with Gasteiger partial charge in [0, 0.05) is 19.0 Å². The van der Waals surface area contributed by atoms with Gasteiger partial charge in [0.25, 0.3) is 0 Å². The molecule has 1 saturated carbocycles. The third kappa shape index (κ3) is 3.06. The lowest BCUT2D eigenvalue weighted by Gasteiger charge is -2.48. The zero-order valence-corrected chi connectivity index (χ0v) is 14.4. The number of carbonyl (C=O) groups excluding carboxylic acids is 1. The Morgan fingerprint density at radius 2 is 1.92 bits per heavy atom. The smallest absolute Gasteiger partial charge is 0.305 e. The molecule has 1 N–H and O–H groups in total. The van der Waals surface area contributed by atoms with Gasteiger partial charge in [0.15, 0.2) is 0 Å². The molecule has 2 heterocycles. The molecule has 3 aliphatic rings. The Hall–Kier alpha value is -1.88. The van der Waals surface area contributed by atoms with Crippen molar-refractivity contribution in [3.8, 4) is 0 Å². The summed E-state index contributed by atoms with van der Waals surface area (Å²) >= 11 is 0. The van der Waals surface area contributed by atoms with E-state index in [1.165, 1.54) is 17.5 Å². The molecule has 134 valence electrons. The number of rotatable bonds is 3. The van der Waals surface area contributed by atoms with Crippen LogP contribution in [0.1, 0.15) is 49.7 Å². The zero-order valence-electron chi connectivity index (χ0n) is 14.4. The predicted octanol–water partition coefficient (Wildman–Crippen LogP) is 2.72. The van der Waals surface area contributed by atoms with E-state index in [-0.39, 0.29) is 18.4 Å². The lowest BCUT2D eigenvalue weighted by Crippen LogP contribution is -2.52. The predicted molar refractivity (Wildman–Crippen MR) is 92.1 cm³/mol. The second kappa shape index (κ2) is 6.45. The Kier molecular flexibility index (Phi) is 4.28. The topological polar surface area (TPSA) is 66.8 Å². The number of benzene rings is 1. The molecule has 1 aliphatic carbocycles. The second-order valence-corrected chi connectivity index (χ2v) is 7.65. The van der Waals surface area contributed by atoms with Gasteiger partial charge in [-0.2, -0.15) is 0 Å². The number of carboxylic acids is 1. The van der Waals surface area contributed by atoms with Gasteiger partial charge in [-0.3, -0.25) is 9.59 Å². The monoisotopic (exact) mass is 343 g/mol. The van der Waals surface area contributed by atoms with Gasteiger partial charge in [0.2, 0.25) is 5.91 Å². The summed E-state index contributed by atoms with van der Waals surface area (Å²) in [7, 11) is 0. The molecule has 0 bridgehead atoms.